The second-order valence-corrected chi connectivity index (χ2v) is 6.67. The molecule has 1 amide bonds. The van der Waals surface area contributed by atoms with Crippen molar-refractivity contribution in [1.29, 1.82) is 0 Å². The average Bonchev–Trinajstić information content (AvgIpc) is 2.87. The van der Waals surface area contributed by atoms with Crippen molar-refractivity contribution in [3.05, 3.63) is 22.7 Å². The van der Waals surface area contributed by atoms with Crippen LogP contribution in [0.5, 0.6) is 5.75 Å². The van der Waals surface area contributed by atoms with Crippen molar-refractivity contribution >= 4 is 27.5 Å². The quantitative estimate of drug-likeness (QED) is 0.726. The monoisotopic (exact) mass is 338 g/mol. The number of fused-ring (bicyclic) bond motifs is 1. The van der Waals surface area contributed by atoms with E-state index in [1.165, 1.54) is 25.7 Å². The number of halogens is 1. The molecule has 108 valence electrons. The third kappa shape index (κ3) is 2.83. The maximum Gasteiger partial charge on any atom is 0.241 e. The predicted octanol–water partition coefficient (Wildman–Crippen LogP) is 3.01. The number of phenols is 1. The average molecular weight is 339 g/mol. The second-order valence-electron chi connectivity index (χ2n) is 5.76. The van der Waals surface area contributed by atoms with Gasteiger partial charge in [0.15, 0.2) is 0 Å². The largest absolute Gasteiger partial charge is 0.506 e. The first-order valence-corrected chi connectivity index (χ1v) is 7.98. The minimum Gasteiger partial charge on any atom is -0.506 e. The van der Waals surface area contributed by atoms with E-state index in [0.29, 0.717) is 17.6 Å². The van der Waals surface area contributed by atoms with Crippen molar-refractivity contribution in [2.75, 3.05) is 5.32 Å². The summed E-state index contributed by atoms with van der Waals surface area (Å²) in [5, 5.41) is 16.0. The lowest BCUT2D eigenvalue weighted by molar-refractivity contribution is -0.117. The zero-order valence-corrected chi connectivity index (χ0v) is 12.8. The number of hydrogen-bond acceptors (Lipinski definition) is 3. The highest BCUT2D eigenvalue weighted by molar-refractivity contribution is 9.10. The third-order valence-corrected chi connectivity index (χ3v) is 4.89. The van der Waals surface area contributed by atoms with E-state index < -0.39 is 0 Å². The normalized spacial score (nSPS) is 28.9. The highest BCUT2D eigenvalue weighted by Crippen LogP contribution is 2.34. The van der Waals surface area contributed by atoms with Gasteiger partial charge in [0.2, 0.25) is 5.91 Å². The number of aromatic hydroxyl groups is 1. The van der Waals surface area contributed by atoms with Gasteiger partial charge < -0.3 is 15.7 Å². The minimum absolute atomic E-state index is 0.0483. The van der Waals surface area contributed by atoms with E-state index >= 15 is 0 Å². The molecular formula is C15H19BrN2O2. The Morgan fingerprint density at radius 2 is 2.15 bits per heavy atom. The fraction of sp³-hybridized carbons (Fsp3) is 0.533. The van der Waals surface area contributed by atoms with Gasteiger partial charge in [0.05, 0.1) is 11.7 Å². The van der Waals surface area contributed by atoms with Crippen LogP contribution in [0, 0.1) is 5.92 Å². The Morgan fingerprint density at radius 1 is 1.35 bits per heavy atom. The first kappa shape index (κ1) is 13.9. The fourth-order valence-corrected chi connectivity index (χ4v) is 3.71. The van der Waals surface area contributed by atoms with Gasteiger partial charge in [-0.2, -0.15) is 0 Å². The lowest BCUT2D eigenvalue weighted by Crippen LogP contribution is -2.39. The summed E-state index contributed by atoms with van der Waals surface area (Å²) in [6, 6.07) is 5.39. The Morgan fingerprint density at radius 3 is 2.95 bits per heavy atom. The van der Waals surface area contributed by atoms with E-state index in [4.69, 9.17) is 0 Å². The Balaban J connectivity index is 1.66. The van der Waals surface area contributed by atoms with Crippen molar-refractivity contribution in [3.8, 4) is 5.75 Å². The molecule has 2 aliphatic rings. The van der Waals surface area contributed by atoms with E-state index in [2.05, 4.69) is 26.6 Å². The van der Waals surface area contributed by atoms with Crippen LogP contribution >= 0.6 is 15.9 Å². The molecule has 0 bridgehead atoms. The van der Waals surface area contributed by atoms with Crippen LogP contribution in [-0.2, 0) is 4.79 Å². The van der Waals surface area contributed by atoms with Crippen LogP contribution < -0.4 is 10.6 Å². The highest BCUT2D eigenvalue weighted by Gasteiger charge is 2.38. The van der Waals surface area contributed by atoms with Crippen molar-refractivity contribution in [2.24, 2.45) is 5.92 Å². The van der Waals surface area contributed by atoms with Crippen LogP contribution in [0.2, 0.25) is 0 Å². The molecule has 3 rings (SSSR count). The smallest absolute Gasteiger partial charge is 0.241 e. The molecule has 1 aromatic carbocycles. The van der Waals surface area contributed by atoms with Crippen LogP contribution in [0.15, 0.2) is 22.7 Å². The molecule has 0 radical (unpaired) electrons. The second kappa shape index (κ2) is 5.74. The summed E-state index contributed by atoms with van der Waals surface area (Å²) >= 11 is 3.34. The van der Waals surface area contributed by atoms with Crippen LogP contribution in [0.1, 0.15) is 32.1 Å². The van der Waals surface area contributed by atoms with E-state index in [1.807, 2.05) is 0 Å². The predicted molar refractivity (Wildman–Crippen MR) is 81.7 cm³/mol. The van der Waals surface area contributed by atoms with Gasteiger partial charge in [-0.25, -0.2) is 0 Å². The van der Waals surface area contributed by atoms with Gasteiger partial charge in [-0.15, -0.1) is 0 Å². The number of amides is 1. The summed E-state index contributed by atoms with van der Waals surface area (Å²) in [4.78, 5) is 12.3. The number of carbonyl (C=O) groups excluding carboxylic acids is 1. The molecular weight excluding hydrogens is 320 g/mol. The van der Waals surface area contributed by atoms with Crippen LogP contribution in [0.25, 0.3) is 0 Å². The van der Waals surface area contributed by atoms with E-state index in [1.54, 1.807) is 18.2 Å². The SMILES string of the molecule is O=C(Nc1cc(Br)ccc1O)C1CC2CCCCC2N1. The Kier molecular flexibility index (Phi) is 3.98. The topological polar surface area (TPSA) is 61.4 Å². The lowest BCUT2D eigenvalue weighted by Gasteiger charge is -2.24. The number of rotatable bonds is 2. The summed E-state index contributed by atoms with van der Waals surface area (Å²) in [7, 11) is 0. The van der Waals surface area contributed by atoms with Crippen LogP contribution in [-0.4, -0.2) is 23.1 Å². The first-order chi connectivity index (χ1) is 9.63. The number of carbonyl (C=O) groups is 1. The van der Waals surface area contributed by atoms with Crippen molar-refractivity contribution in [1.82, 2.24) is 5.32 Å². The van der Waals surface area contributed by atoms with Crippen molar-refractivity contribution < 1.29 is 9.90 Å². The highest BCUT2D eigenvalue weighted by atomic mass is 79.9. The van der Waals surface area contributed by atoms with Crippen molar-refractivity contribution in [3.63, 3.8) is 0 Å². The van der Waals surface area contributed by atoms with E-state index in [-0.39, 0.29) is 17.7 Å². The number of anilines is 1. The maximum atomic E-state index is 12.3. The molecule has 1 saturated carbocycles. The zero-order chi connectivity index (χ0) is 14.1. The van der Waals surface area contributed by atoms with E-state index in [0.717, 1.165) is 10.9 Å². The zero-order valence-electron chi connectivity index (χ0n) is 11.2. The van der Waals surface area contributed by atoms with Gasteiger partial charge in [0.25, 0.3) is 0 Å². The van der Waals surface area contributed by atoms with Crippen LogP contribution in [0.4, 0.5) is 5.69 Å². The molecule has 1 saturated heterocycles. The molecule has 1 aliphatic heterocycles. The Bertz CT molecular complexity index is 507. The molecule has 0 spiro atoms. The molecule has 3 unspecified atom stereocenters. The summed E-state index contributed by atoms with van der Waals surface area (Å²) in [6.45, 7) is 0. The van der Waals surface area contributed by atoms with Gasteiger partial charge in [-0.1, -0.05) is 28.8 Å². The standard InChI is InChI=1S/C15H19BrN2O2/c16-10-5-6-14(19)12(8-10)18-15(20)13-7-9-3-1-2-4-11(9)17-13/h5-6,8-9,11,13,17,19H,1-4,7H2,(H,18,20). The van der Waals surface area contributed by atoms with Crippen molar-refractivity contribution in [2.45, 2.75) is 44.2 Å². The molecule has 3 N–H and O–H groups in total. The van der Waals surface area contributed by atoms with Crippen LogP contribution in [0.3, 0.4) is 0 Å². The number of phenolic OH excluding ortho intramolecular Hbond substituents is 1. The first-order valence-electron chi connectivity index (χ1n) is 7.19. The van der Waals surface area contributed by atoms with Gasteiger partial charge in [-0.05, 0) is 43.4 Å². The number of hydrogen-bond donors (Lipinski definition) is 3. The lowest BCUT2D eigenvalue weighted by atomic mass is 9.85. The molecule has 5 heteroatoms. The molecule has 4 nitrogen and oxygen atoms in total. The number of nitrogens with one attached hydrogen (secondary N) is 2. The molecule has 1 aliphatic carbocycles. The summed E-state index contributed by atoms with van der Waals surface area (Å²) in [5.41, 5.74) is 0.459. The van der Waals surface area contributed by atoms with Gasteiger partial charge in [-0.3, -0.25) is 4.79 Å². The molecule has 20 heavy (non-hydrogen) atoms. The summed E-state index contributed by atoms with van der Waals surface area (Å²) in [5.74, 6) is 0.681. The Labute approximate surface area is 127 Å². The molecule has 2 fully saturated rings. The number of benzene rings is 1. The maximum absolute atomic E-state index is 12.3. The Hall–Kier alpha value is -1.07. The third-order valence-electron chi connectivity index (χ3n) is 4.40. The minimum atomic E-state index is -0.138. The fourth-order valence-electron chi connectivity index (χ4n) is 3.35. The molecule has 1 heterocycles. The molecule has 1 aromatic rings. The van der Waals surface area contributed by atoms with Gasteiger partial charge in [0.1, 0.15) is 5.75 Å². The summed E-state index contributed by atoms with van der Waals surface area (Å²) < 4.78 is 0.832. The molecule has 0 aromatic heterocycles. The van der Waals surface area contributed by atoms with Gasteiger partial charge in [0, 0.05) is 10.5 Å². The molecule has 3 atom stereocenters. The summed E-state index contributed by atoms with van der Waals surface area (Å²) in [6.07, 6.45) is 5.85. The van der Waals surface area contributed by atoms with E-state index in [9.17, 15) is 9.90 Å². The van der Waals surface area contributed by atoms with Gasteiger partial charge >= 0.3 is 0 Å².